The molecule has 1 N–H and O–H groups in total. The molecular weight excluding hydrogens is 439 g/mol. The zero-order valence-electron chi connectivity index (χ0n) is 17.2. The number of ether oxygens (including phenoxy) is 1. The Hall–Kier alpha value is -3.24. The quantitative estimate of drug-likeness (QED) is 0.587. The molecule has 0 bridgehead atoms. The standard InChI is InChI=1S/C22H21FN2O6S/c1-14(32(28,29)16-8-6-15(23)7-9-16)21(26)24-19-17-4-2-3-5-18(17)31-20(19)22(27)25-10-12-30-13-11-25/h2-9,14H,10-13H2,1H3,(H,24,26). The molecule has 2 amide bonds. The molecule has 168 valence electrons. The third kappa shape index (κ3) is 4.11. The van der Waals surface area contributed by atoms with Gasteiger partial charge in [-0.3, -0.25) is 9.59 Å². The zero-order chi connectivity index (χ0) is 22.9. The Morgan fingerprint density at radius 2 is 1.72 bits per heavy atom. The number of para-hydroxylation sites is 1. The first-order valence-corrected chi connectivity index (χ1v) is 11.5. The van der Waals surface area contributed by atoms with Gasteiger partial charge in [0.1, 0.15) is 22.3 Å². The molecule has 1 aliphatic heterocycles. The van der Waals surface area contributed by atoms with Crippen molar-refractivity contribution in [1.29, 1.82) is 0 Å². The number of amides is 2. The molecular formula is C22H21FN2O6S. The van der Waals surface area contributed by atoms with Gasteiger partial charge in [0.25, 0.3) is 5.91 Å². The molecule has 0 radical (unpaired) electrons. The van der Waals surface area contributed by atoms with Gasteiger partial charge in [0.15, 0.2) is 9.84 Å². The molecule has 32 heavy (non-hydrogen) atoms. The van der Waals surface area contributed by atoms with E-state index in [1.54, 1.807) is 29.2 Å². The van der Waals surface area contributed by atoms with Crippen LogP contribution in [0, 0.1) is 5.82 Å². The highest BCUT2D eigenvalue weighted by molar-refractivity contribution is 7.92. The summed E-state index contributed by atoms with van der Waals surface area (Å²) in [5.74, 6) is -1.92. The number of nitrogens with zero attached hydrogens (tertiary/aromatic N) is 1. The Labute approximate surface area is 183 Å². The summed E-state index contributed by atoms with van der Waals surface area (Å²) >= 11 is 0. The number of halogens is 1. The molecule has 0 spiro atoms. The number of morpholine rings is 1. The van der Waals surface area contributed by atoms with Crippen LogP contribution in [0.15, 0.2) is 57.8 Å². The van der Waals surface area contributed by atoms with E-state index in [0.29, 0.717) is 37.3 Å². The first kappa shape index (κ1) is 22.0. The monoisotopic (exact) mass is 460 g/mol. The van der Waals surface area contributed by atoms with E-state index in [4.69, 9.17) is 9.15 Å². The molecule has 1 atom stereocenters. The maximum Gasteiger partial charge on any atom is 0.291 e. The second-order valence-electron chi connectivity index (χ2n) is 7.34. The number of carbonyl (C=O) groups excluding carboxylic acids is 2. The number of nitrogens with one attached hydrogen (secondary N) is 1. The van der Waals surface area contributed by atoms with E-state index in [2.05, 4.69) is 5.32 Å². The Bertz CT molecular complexity index is 1260. The van der Waals surface area contributed by atoms with Crippen LogP contribution in [0.25, 0.3) is 11.0 Å². The van der Waals surface area contributed by atoms with E-state index in [-0.39, 0.29) is 16.3 Å². The number of rotatable bonds is 5. The third-order valence-corrected chi connectivity index (χ3v) is 7.39. The fraction of sp³-hybridized carbons (Fsp3) is 0.273. The minimum Gasteiger partial charge on any atom is -0.449 e. The highest BCUT2D eigenvalue weighted by Gasteiger charge is 2.33. The number of hydrogen-bond acceptors (Lipinski definition) is 6. The first-order valence-electron chi connectivity index (χ1n) is 9.98. The predicted molar refractivity (Wildman–Crippen MR) is 115 cm³/mol. The molecule has 2 heterocycles. The van der Waals surface area contributed by atoms with Crippen molar-refractivity contribution < 1.29 is 31.6 Å². The summed E-state index contributed by atoms with van der Waals surface area (Å²) in [6.07, 6.45) is 0. The second-order valence-corrected chi connectivity index (χ2v) is 9.61. The number of carbonyl (C=O) groups is 2. The molecule has 8 nitrogen and oxygen atoms in total. The molecule has 0 aliphatic carbocycles. The molecule has 1 aromatic heterocycles. The highest BCUT2D eigenvalue weighted by Crippen LogP contribution is 2.32. The molecule has 1 fully saturated rings. The maximum atomic E-state index is 13.2. The topological polar surface area (TPSA) is 106 Å². The van der Waals surface area contributed by atoms with Crippen LogP contribution in [0.4, 0.5) is 10.1 Å². The van der Waals surface area contributed by atoms with Gasteiger partial charge in [-0.1, -0.05) is 12.1 Å². The van der Waals surface area contributed by atoms with E-state index in [0.717, 1.165) is 24.3 Å². The molecule has 3 aromatic rings. The van der Waals surface area contributed by atoms with Crippen molar-refractivity contribution in [3.05, 3.63) is 60.1 Å². The number of furan rings is 1. The SMILES string of the molecule is CC(C(=O)Nc1c(C(=O)N2CCOCC2)oc2ccccc12)S(=O)(=O)c1ccc(F)cc1. The summed E-state index contributed by atoms with van der Waals surface area (Å²) in [6.45, 7) is 2.76. The van der Waals surface area contributed by atoms with Crippen LogP contribution < -0.4 is 5.32 Å². The van der Waals surface area contributed by atoms with Crippen molar-refractivity contribution in [3.63, 3.8) is 0 Å². The van der Waals surface area contributed by atoms with Gasteiger partial charge in [-0.25, -0.2) is 12.8 Å². The molecule has 1 saturated heterocycles. The average molecular weight is 460 g/mol. The van der Waals surface area contributed by atoms with E-state index < -0.39 is 32.7 Å². The van der Waals surface area contributed by atoms with Gasteiger partial charge >= 0.3 is 0 Å². The predicted octanol–water partition coefficient (Wildman–Crippen LogP) is 2.85. The van der Waals surface area contributed by atoms with Gasteiger partial charge < -0.3 is 19.4 Å². The van der Waals surface area contributed by atoms with Crippen LogP contribution in [0.3, 0.4) is 0 Å². The van der Waals surface area contributed by atoms with Crippen LogP contribution in [-0.4, -0.2) is 56.7 Å². The van der Waals surface area contributed by atoms with Gasteiger partial charge in [0, 0.05) is 18.5 Å². The van der Waals surface area contributed by atoms with E-state index in [9.17, 15) is 22.4 Å². The number of sulfone groups is 1. The van der Waals surface area contributed by atoms with Crippen molar-refractivity contribution in [2.45, 2.75) is 17.1 Å². The number of benzene rings is 2. The van der Waals surface area contributed by atoms with Crippen molar-refractivity contribution in [1.82, 2.24) is 4.90 Å². The molecule has 10 heteroatoms. The molecule has 0 saturated carbocycles. The minimum atomic E-state index is -4.09. The fourth-order valence-corrected chi connectivity index (χ4v) is 4.69. The molecule has 1 aliphatic rings. The maximum absolute atomic E-state index is 13.2. The number of fused-ring (bicyclic) bond motifs is 1. The Morgan fingerprint density at radius 1 is 1.06 bits per heavy atom. The largest absolute Gasteiger partial charge is 0.449 e. The van der Waals surface area contributed by atoms with Gasteiger partial charge in [0.05, 0.1) is 18.1 Å². The molecule has 4 rings (SSSR count). The lowest BCUT2D eigenvalue weighted by atomic mass is 10.2. The molecule has 2 aromatic carbocycles. The first-order chi connectivity index (χ1) is 15.3. The summed E-state index contributed by atoms with van der Waals surface area (Å²) in [4.78, 5) is 27.4. The number of anilines is 1. The summed E-state index contributed by atoms with van der Waals surface area (Å²) < 4.78 is 49.9. The van der Waals surface area contributed by atoms with Gasteiger partial charge in [-0.05, 0) is 43.3 Å². The minimum absolute atomic E-state index is 0.0761. The van der Waals surface area contributed by atoms with Crippen LogP contribution in [0.2, 0.25) is 0 Å². The van der Waals surface area contributed by atoms with E-state index in [1.807, 2.05) is 0 Å². The lowest BCUT2D eigenvalue weighted by molar-refractivity contribution is -0.115. The van der Waals surface area contributed by atoms with E-state index >= 15 is 0 Å². The Morgan fingerprint density at radius 3 is 2.41 bits per heavy atom. The lowest BCUT2D eigenvalue weighted by Gasteiger charge is -2.26. The van der Waals surface area contributed by atoms with Crippen molar-refractivity contribution in [2.24, 2.45) is 0 Å². The Balaban J connectivity index is 1.66. The summed E-state index contributed by atoms with van der Waals surface area (Å²) in [5, 5.41) is 1.56. The van der Waals surface area contributed by atoms with Gasteiger partial charge in [-0.2, -0.15) is 0 Å². The normalized spacial score (nSPS) is 15.5. The lowest BCUT2D eigenvalue weighted by Crippen LogP contribution is -2.41. The van der Waals surface area contributed by atoms with Crippen molar-refractivity contribution >= 4 is 38.3 Å². The van der Waals surface area contributed by atoms with Crippen LogP contribution in [-0.2, 0) is 19.4 Å². The van der Waals surface area contributed by atoms with Crippen molar-refractivity contribution in [3.8, 4) is 0 Å². The van der Waals surface area contributed by atoms with Gasteiger partial charge in [-0.15, -0.1) is 0 Å². The average Bonchev–Trinajstić information content (AvgIpc) is 3.17. The smallest absolute Gasteiger partial charge is 0.291 e. The molecule has 1 unspecified atom stereocenters. The summed E-state index contributed by atoms with van der Waals surface area (Å²) in [7, 11) is -4.09. The van der Waals surface area contributed by atoms with Crippen LogP contribution in [0.1, 0.15) is 17.5 Å². The van der Waals surface area contributed by atoms with Crippen LogP contribution in [0.5, 0.6) is 0 Å². The van der Waals surface area contributed by atoms with Crippen molar-refractivity contribution in [2.75, 3.05) is 31.6 Å². The van der Waals surface area contributed by atoms with Gasteiger partial charge in [0.2, 0.25) is 11.7 Å². The zero-order valence-corrected chi connectivity index (χ0v) is 18.0. The number of hydrogen-bond donors (Lipinski definition) is 1. The van der Waals surface area contributed by atoms with E-state index in [1.165, 1.54) is 6.92 Å². The van der Waals surface area contributed by atoms with Crippen LogP contribution >= 0.6 is 0 Å². The summed E-state index contributed by atoms with van der Waals surface area (Å²) in [6, 6.07) is 11.0. The Kier molecular flexibility index (Phi) is 5.98. The second kappa shape index (κ2) is 8.71. The highest BCUT2D eigenvalue weighted by atomic mass is 32.2. The summed E-state index contributed by atoms with van der Waals surface area (Å²) in [5.41, 5.74) is 0.497. The third-order valence-electron chi connectivity index (χ3n) is 5.31. The fourth-order valence-electron chi connectivity index (χ4n) is 3.42.